The Hall–Kier alpha value is -1.25. The highest BCUT2D eigenvalue weighted by Gasteiger charge is 2.36. The van der Waals surface area contributed by atoms with Crippen LogP contribution in [0.1, 0.15) is 29.7 Å². The minimum atomic E-state index is -0.797. The second-order valence-electron chi connectivity index (χ2n) is 4.95. The Morgan fingerprint density at radius 1 is 1.22 bits per heavy atom. The van der Waals surface area contributed by atoms with Gasteiger partial charge in [-0.2, -0.15) is 0 Å². The number of fused-ring (bicyclic) bond motifs is 1. The van der Waals surface area contributed by atoms with Crippen LogP contribution in [-0.2, 0) is 18.4 Å². The lowest BCUT2D eigenvalue weighted by Gasteiger charge is -2.31. The fourth-order valence-electron chi connectivity index (χ4n) is 2.75. The van der Waals surface area contributed by atoms with E-state index < -0.39 is 5.60 Å². The molecule has 1 atom stereocenters. The van der Waals surface area contributed by atoms with Crippen molar-refractivity contribution in [1.82, 2.24) is 0 Å². The van der Waals surface area contributed by atoms with Gasteiger partial charge in [-0.05, 0) is 36.6 Å². The van der Waals surface area contributed by atoms with Crippen LogP contribution >= 0.6 is 11.6 Å². The van der Waals surface area contributed by atoms with Gasteiger partial charge in [0.25, 0.3) is 0 Å². The molecule has 1 aliphatic rings. The molecule has 1 heterocycles. The van der Waals surface area contributed by atoms with Crippen LogP contribution in [0.3, 0.4) is 0 Å². The van der Waals surface area contributed by atoms with E-state index >= 15 is 0 Å². The number of aryl methyl sites for hydroxylation is 1. The Morgan fingerprint density at radius 2 is 2.00 bits per heavy atom. The van der Waals surface area contributed by atoms with Gasteiger partial charge in [-0.3, -0.25) is 0 Å². The molecule has 2 nitrogen and oxygen atoms in total. The van der Waals surface area contributed by atoms with Crippen molar-refractivity contribution in [1.29, 1.82) is 0 Å². The van der Waals surface area contributed by atoms with Crippen molar-refractivity contribution in [2.24, 2.45) is 0 Å². The first-order valence-electron chi connectivity index (χ1n) is 6.21. The summed E-state index contributed by atoms with van der Waals surface area (Å²) in [7, 11) is 0. The zero-order chi connectivity index (χ0) is 12.6. The summed E-state index contributed by atoms with van der Waals surface area (Å²) in [6.07, 6.45) is 4.94. The van der Waals surface area contributed by atoms with Crippen LogP contribution in [0, 0.1) is 0 Å². The molecule has 0 saturated carbocycles. The maximum Gasteiger partial charge on any atom is 0.109 e. The quantitative estimate of drug-likeness (QED) is 0.895. The molecule has 0 bridgehead atoms. The van der Waals surface area contributed by atoms with E-state index in [0.717, 1.165) is 41.2 Å². The van der Waals surface area contributed by atoms with Crippen LogP contribution in [0.2, 0.25) is 5.02 Å². The molecule has 0 saturated heterocycles. The first kappa shape index (κ1) is 11.8. The van der Waals surface area contributed by atoms with Gasteiger partial charge >= 0.3 is 0 Å². The molecule has 1 aliphatic carbocycles. The van der Waals surface area contributed by atoms with E-state index in [4.69, 9.17) is 16.0 Å². The van der Waals surface area contributed by atoms with Crippen molar-refractivity contribution < 1.29 is 9.52 Å². The Labute approximate surface area is 111 Å². The van der Waals surface area contributed by atoms with Gasteiger partial charge in [0, 0.05) is 23.4 Å². The van der Waals surface area contributed by atoms with Crippen molar-refractivity contribution >= 4 is 11.6 Å². The van der Waals surface area contributed by atoms with Crippen molar-refractivity contribution in [3.63, 3.8) is 0 Å². The molecule has 3 rings (SSSR count). The maximum absolute atomic E-state index is 10.8. The summed E-state index contributed by atoms with van der Waals surface area (Å²) in [5, 5.41) is 11.6. The van der Waals surface area contributed by atoms with Gasteiger partial charge in [-0.1, -0.05) is 23.7 Å². The van der Waals surface area contributed by atoms with Crippen LogP contribution < -0.4 is 0 Å². The number of rotatable bonds is 2. The van der Waals surface area contributed by atoms with Crippen LogP contribution in [-0.4, -0.2) is 5.11 Å². The van der Waals surface area contributed by atoms with Crippen LogP contribution in [0.15, 0.2) is 41.0 Å². The molecule has 94 valence electrons. The largest absolute Gasteiger partial charge is 0.469 e. The highest BCUT2D eigenvalue weighted by Crippen LogP contribution is 2.38. The summed E-state index contributed by atoms with van der Waals surface area (Å²) in [4.78, 5) is 0. The van der Waals surface area contributed by atoms with E-state index in [1.807, 2.05) is 30.3 Å². The lowest BCUT2D eigenvalue weighted by molar-refractivity contribution is 0.0169. The SMILES string of the molecule is OC1(Cc2ccc(Cl)cc2)CCCc2occc21. The third kappa shape index (κ3) is 2.06. The van der Waals surface area contributed by atoms with Crippen LogP contribution in [0.5, 0.6) is 0 Å². The van der Waals surface area contributed by atoms with Crippen molar-refractivity contribution in [3.8, 4) is 0 Å². The Kier molecular flexibility index (Phi) is 2.92. The molecular weight excluding hydrogens is 248 g/mol. The van der Waals surface area contributed by atoms with Crippen molar-refractivity contribution in [2.75, 3.05) is 0 Å². The van der Waals surface area contributed by atoms with E-state index in [0.29, 0.717) is 6.42 Å². The predicted octanol–water partition coefficient (Wildman–Crippen LogP) is 3.70. The first-order valence-corrected chi connectivity index (χ1v) is 6.59. The molecule has 0 aliphatic heterocycles. The normalized spacial score (nSPS) is 22.8. The highest BCUT2D eigenvalue weighted by atomic mass is 35.5. The fourth-order valence-corrected chi connectivity index (χ4v) is 2.87. The zero-order valence-electron chi connectivity index (χ0n) is 10.0. The maximum atomic E-state index is 10.8. The number of benzene rings is 1. The summed E-state index contributed by atoms with van der Waals surface area (Å²) < 4.78 is 5.43. The minimum absolute atomic E-state index is 0.608. The molecule has 0 spiro atoms. The number of halogens is 1. The number of aliphatic hydroxyl groups is 1. The first-order chi connectivity index (χ1) is 8.67. The monoisotopic (exact) mass is 262 g/mol. The van der Waals surface area contributed by atoms with Gasteiger partial charge in [0.1, 0.15) is 5.76 Å². The average molecular weight is 263 g/mol. The van der Waals surface area contributed by atoms with Crippen molar-refractivity contribution in [2.45, 2.75) is 31.3 Å². The number of furan rings is 1. The predicted molar refractivity (Wildman–Crippen MR) is 70.7 cm³/mol. The second-order valence-corrected chi connectivity index (χ2v) is 5.38. The molecule has 18 heavy (non-hydrogen) atoms. The summed E-state index contributed by atoms with van der Waals surface area (Å²) in [5.41, 5.74) is 1.24. The highest BCUT2D eigenvalue weighted by molar-refractivity contribution is 6.30. The van der Waals surface area contributed by atoms with E-state index in [-0.39, 0.29) is 0 Å². The summed E-state index contributed by atoms with van der Waals surface area (Å²) >= 11 is 5.88. The minimum Gasteiger partial charge on any atom is -0.469 e. The average Bonchev–Trinajstić information content (AvgIpc) is 2.82. The molecule has 2 aromatic rings. The second kappa shape index (κ2) is 4.45. The standard InChI is InChI=1S/C15H15ClO2/c16-12-5-3-11(4-6-12)10-15(17)8-1-2-14-13(15)7-9-18-14/h3-7,9,17H,1-2,8,10H2. The van der Waals surface area contributed by atoms with E-state index in [9.17, 15) is 5.11 Å². The Balaban J connectivity index is 1.91. The summed E-state index contributed by atoms with van der Waals surface area (Å²) in [6, 6.07) is 9.55. The molecule has 1 N–H and O–H groups in total. The van der Waals surface area contributed by atoms with Gasteiger partial charge in [0.15, 0.2) is 0 Å². The number of hydrogen-bond donors (Lipinski definition) is 1. The van der Waals surface area contributed by atoms with Gasteiger partial charge in [0.05, 0.1) is 11.9 Å². The molecule has 1 unspecified atom stereocenters. The smallest absolute Gasteiger partial charge is 0.109 e. The number of hydrogen-bond acceptors (Lipinski definition) is 2. The third-order valence-corrected chi connectivity index (χ3v) is 3.90. The Bertz CT molecular complexity index is 544. The molecule has 0 amide bonds. The zero-order valence-corrected chi connectivity index (χ0v) is 10.8. The Morgan fingerprint density at radius 3 is 2.78 bits per heavy atom. The van der Waals surface area contributed by atoms with Crippen molar-refractivity contribution in [3.05, 3.63) is 58.5 Å². The molecule has 0 fully saturated rings. The van der Waals surface area contributed by atoms with E-state index in [1.54, 1.807) is 6.26 Å². The topological polar surface area (TPSA) is 33.4 Å². The summed E-state index contributed by atoms with van der Waals surface area (Å²) in [5.74, 6) is 0.928. The molecule has 3 heteroatoms. The lowest BCUT2D eigenvalue weighted by atomic mass is 9.79. The van der Waals surface area contributed by atoms with E-state index in [2.05, 4.69) is 0 Å². The van der Waals surface area contributed by atoms with Gasteiger partial charge in [-0.15, -0.1) is 0 Å². The lowest BCUT2D eigenvalue weighted by Crippen LogP contribution is -2.32. The molecule has 0 radical (unpaired) electrons. The van der Waals surface area contributed by atoms with E-state index in [1.165, 1.54) is 0 Å². The molecule has 1 aromatic carbocycles. The summed E-state index contributed by atoms with van der Waals surface area (Å²) in [6.45, 7) is 0. The van der Waals surface area contributed by atoms with Gasteiger partial charge in [-0.25, -0.2) is 0 Å². The van der Waals surface area contributed by atoms with Crippen LogP contribution in [0.25, 0.3) is 0 Å². The molecule has 1 aromatic heterocycles. The fraction of sp³-hybridized carbons (Fsp3) is 0.333. The third-order valence-electron chi connectivity index (χ3n) is 3.65. The van der Waals surface area contributed by atoms with Crippen LogP contribution in [0.4, 0.5) is 0 Å². The van der Waals surface area contributed by atoms with Gasteiger partial charge in [0.2, 0.25) is 0 Å². The van der Waals surface area contributed by atoms with Gasteiger partial charge < -0.3 is 9.52 Å². The molecular formula is C15H15ClO2.